The van der Waals surface area contributed by atoms with Crippen molar-refractivity contribution in [2.45, 2.75) is 25.8 Å². The first-order valence-electron chi connectivity index (χ1n) is 6.00. The average molecular weight is 225 g/mol. The van der Waals surface area contributed by atoms with E-state index in [0.29, 0.717) is 12.5 Å². The SMILES string of the molecule is CCN(C(=O)CN1CCCC1=O)C1CNC1. The van der Waals surface area contributed by atoms with Crippen molar-refractivity contribution in [1.29, 1.82) is 0 Å². The monoisotopic (exact) mass is 225 g/mol. The highest BCUT2D eigenvalue weighted by atomic mass is 16.2. The van der Waals surface area contributed by atoms with Gasteiger partial charge in [0, 0.05) is 32.6 Å². The molecule has 16 heavy (non-hydrogen) atoms. The van der Waals surface area contributed by atoms with E-state index >= 15 is 0 Å². The summed E-state index contributed by atoms with van der Waals surface area (Å²) in [6.07, 6.45) is 1.49. The molecule has 2 fully saturated rings. The van der Waals surface area contributed by atoms with Crippen molar-refractivity contribution in [2.24, 2.45) is 0 Å². The zero-order valence-electron chi connectivity index (χ0n) is 9.74. The highest BCUT2D eigenvalue weighted by Gasteiger charge is 2.30. The Bertz CT molecular complexity index is 289. The molecule has 2 rings (SSSR count). The Hall–Kier alpha value is -1.10. The second-order valence-corrected chi connectivity index (χ2v) is 4.41. The maximum absolute atomic E-state index is 12.0. The Balaban J connectivity index is 1.87. The van der Waals surface area contributed by atoms with E-state index in [4.69, 9.17) is 0 Å². The first-order valence-corrected chi connectivity index (χ1v) is 6.00. The van der Waals surface area contributed by atoms with Crippen LogP contribution in [-0.2, 0) is 9.59 Å². The number of likely N-dealkylation sites (tertiary alicyclic amines) is 1. The molecule has 2 heterocycles. The van der Waals surface area contributed by atoms with E-state index in [1.165, 1.54) is 0 Å². The van der Waals surface area contributed by atoms with Gasteiger partial charge < -0.3 is 15.1 Å². The van der Waals surface area contributed by atoms with Gasteiger partial charge >= 0.3 is 0 Å². The summed E-state index contributed by atoms with van der Waals surface area (Å²) < 4.78 is 0. The van der Waals surface area contributed by atoms with Crippen LogP contribution in [0.25, 0.3) is 0 Å². The molecule has 0 bridgehead atoms. The minimum atomic E-state index is 0.0873. The Labute approximate surface area is 95.8 Å². The van der Waals surface area contributed by atoms with Gasteiger partial charge in [-0.15, -0.1) is 0 Å². The molecular weight excluding hydrogens is 206 g/mol. The fraction of sp³-hybridized carbons (Fsp3) is 0.818. The maximum Gasteiger partial charge on any atom is 0.242 e. The van der Waals surface area contributed by atoms with Gasteiger partial charge in [-0.2, -0.15) is 0 Å². The molecule has 5 nitrogen and oxygen atoms in total. The highest BCUT2D eigenvalue weighted by Crippen LogP contribution is 2.11. The van der Waals surface area contributed by atoms with E-state index in [0.717, 1.165) is 32.6 Å². The first-order chi connectivity index (χ1) is 7.72. The molecule has 0 aromatic carbocycles. The molecule has 0 aliphatic carbocycles. The number of likely N-dealkylation sites (N-methyl/N-ethyl adjacent to an activating group) is 1. The first kappa shape index (κ1) is 11.4. The predicted octanol–water partition coefficient (Wildman–Crippen LogP) is -0.571. The van der Waals surface area contributed by atoms with Gasteiger partial charge in [0.2, 0.25) is 11.8 Å². The van der Waals surface area contributed by atoms with E-state index in [2.05, 4.69) is 5.32 Å². The van der Waals surface area contributed by atoms with Crippen molar-refractivity contribution >= 4 is 11.8 Å². The van der Waals surface area contributed by atoms with Crippen LogP contribution in [0.1, 0.15) is 19.8 Å². The molecule has 2 amide bonds. The molecule has 0 unspecified atom stereocenters. The summed E-state index contributed by atoms with van der Waals surface area (Å²) in [5, 5.41) is 3.16. The van der Waals surface area contributed by atoms with E-state index < -0.39 is 0 Å². The van der Waals surface area contributed by atoms with Crippen LogP contribution < -0.4 is 5.32 Å². The second-order valence-electron chi connectivity index (χ2n) is 4.41. The fourth-order valence-corrected chi connectivity index (χ4v) is 2.26. The van der Waals surface area contributed by atoms with E-state index in [-0.39, 0.29) is 18.4 Å². The fourth-order valence-electron chi connectivity index (χ4n) is 2.26. The third kappa shape index (κ3) is 2.19. The Kier molecular flexibility index (Phi) is 3.43. The van der Waals surface area contributed by atoms with Gasteiger partial charge in [-0.3, -0.25) is 9.59 Å². The number of nitrogens with zero attached hydrogens (tertiary/aromatic N) is 2. The van der Waals surface area contributed by atoms with Crippen molar-refractivity contribution in [2.75, 3.05) is 32.7 Å². The summed E-state index contributed by atoms with van der Waals surface area (Å²) >= 11 is 0. The van der Waals surface area contributed by atoms with Crippen LogP contribution >= 0.6 is 0 Å². The molecule has 0 spiro atoms. The van der Waals surface area contributed by atoms with E-state index in [9.17, 15) is 9.59 Å². The average Bonchev–Trinajstić information content (AvgIpc) is 2.57. The van der Waals surface area contributed by atoms with Crippen molar-refractivity contribution in [1.82, 2.24) is 15.1 Å². The molecule has 0 atom stereocenters. The van der Waals surface area contributed by atoms with Crippen LogP contribution in [0, 0.1) is 0 Å². The van der Waals surface area contributed by atoms with Crippen molar-refractivity contribution in [3.63, 3.8) is 0 Å². The normalized spacial score (nSPS) is 21.1. The molecule has 2 aliphatic heterocycles. The number of amides is 2. The summed E-state index contributed by atoms with van der Waals surface area (Å²) in [4.78, 5) is 27.0. The molecule has 0 aromatic heterocycles. The van der Waals surface area contributed by atoms with Gasteiger partial charge in [0.05, 0.1) is 12.6 Å². The van der Waals surface area contributed by atoms with Crippen molar-refractivity contribution in [3.8, 4) is 0 Å². The minimum Gasteiger partial charge on any atom is -0.336 e. The number of carbonyl (C=O) groups is 2. The molecule has 0 aromatic rings. The van der Waals surface area contributed by atoms with E-state index in [1.54, 1.807) is 4.90 Å². The van der Waals surface area contributed by atoms with Crippen LogP contribution in [0.4, 0.5) is 0 Å². The Morgan fingerprint density at radius 1 is 1.56 bits per heavy atom. The molecule has 2 saturated heterocycles. The Morgan fingerprint density at radius 3 is 2.75 bits per heavy atom. The number of hydrogen-bond donors (Lipinski definition) is 1. The molecule has 0 radical (unpaired) electrons. The van der Waals surface area contributed by atoms with Gasteiger partial charge in [0.15, 0.2) is 0 Å². The van der Waals surface area contributed by atoms with Crippen LogP contribution in [0.2, 0.25) is 0 Å². The number of carbonyl (C=O) groups excluding carboxylic acids is 2. The van der Waals surface area contributed by atoms with Gasteiger partial charge in [0.25, 0.3) is 0 Å². The third-order valence-corrected chi connectivity index (χ3v) is 3.36. The highest BCUT2D eigenvalue weighted by molar-refractivity contribution is 5.86. The lowest BCUT2D eigenvalue weighted by Crippen LogP contribution is -2.60. The zero-order valence-corrected chi connectivity index (χ0v) is 9.74. The Morgan fingerprint density at radius 2 is 2.31 bits per heavy atom. The molecule has 2 aliphatic rings. The van der Waals surface area contributed by atoms with Gasteiger partial charge in [-0.1, -0.05) is 0 Å². The summed E-state index contributed by atoms with van der Waals surface area (Å²) in [5.41, 5.74) is 0. The molecule has 5 heteroatoms. The summed E-state index contributed by atoms with van der Waals surface area (Å²) in [5.74, 6) is 0.209. The van der Waals surface area contributed by atoms with Gasteiger partial charge in [0.1, 0.15) is 0 Å². The largest absolute Gasteiger partial charge is 0.336 e. The maximum atomic E-state index is 12.0. The summed E-state index contributed by atoms with van der Waals surface area (Å²) in [7, 11) is 0. The van der Waals surface area contributed by atoms with Crippen LogP contribution in [-0.4, -0.2) is 60.4 Å². The summed E-state index contributed by atoms with van der Waals surface area (Å²) in [6.45, 7) is 5.49. The lowest BCUT2D eigenvalue weighted by Gasteiger charge is -2.38. The van der Waals surface area contributed by atoms with Crippen LogP contribution in [0.15, 0.2) is 0 Å². The van der Waals surface area contributed by atoms with E-state index in [1.807, 2.05) is 11.8 Å². The minimum absolute atomic E-state index is 0.0873. The van der Waals surface area contributed by atoms with Gasteiger partial charge in [-0.25, -0.2) is 0 Å². The molecule has 0 saturated carbocycles. The molecule has 1 N–H and O–H groups in total. The second kappa shape index (κ2) is 4.82. The predicted molar refractivity (Wildman–Crippen MR) is 59.9 cm³/mol. The quantitative estimate of drug-likeness (QED) is 0.697. The smallest absolute Gasteiger partial charge is 0.242 e. The topological polar surface area (TPSA) is 52.7 Å². The number of nitrogens with one attached hydrogen (secondary N) is 1. The lowest BCUT2D eigenvalue weighted by molar-refractivity contribution is -0.140. The van der Waals surface area contributed by atoms with Crippen molar-refractivity contribution in [3.05, 3.63) is 0 Å². The van der Waals surface area contributed by atoms with Crippen LogP contribution in [0.5, 0.6) is 0 Å². The lowest BCUT2D eigenvalue weighted by atomic mass is 10.1. The van der Waals surface area contributed by atoms with Crippen LogP contribution in [0.3, 0.4) is 0 Å². The number of rotatable bonds is 4. The zero-order chi connectivity index (χ0) is 11.5. The number of hydrogen-bond acceptors (Lipinski definition) is 3. The van der Waals surface area contributed by atoms with Crippen molar-refractivity contribution < 1.29 is 9.59 Å². The standard InChI is InChI=1S/C11H19N3O2/c1-2-14(9-6-12-7-9)11(16)8-13-5-3-4-10(13)15/h9,12H,2-8H2,1H3. The van der Waals surface area contributed by atoms with Gasteiger partial charge in [-0.05, 0) is 13.3 Å². The molecular formula is C11H19N3O2. The third-order valence-electron chi connectivity index (χ3n) is 3.36. The molecule has 90 valence electrons. The summed E-state index contributed by atoms with van der Waals surface area (Å²) in [6, 6.07) is 0.329.